The predicted octanol–water partition coefficient (Wildman–Crippen LogP) is 7.52. The molecule has 4 rings (SSSR count). The second-order valence-corrected chi connectivity index (χ2v) is 14.4. The van der Waals surface area contributed by atoms with Crippen molar-refractivity contribution < 1.29 is 32.2 Å². The first kappa shape index (κ1) is 34.6. The zero-order valence-corrected chi connectivity index (χ0v) is 27.6. The second-order valence-electron chi connectivity index (χ2n) is 14.4. The predicted molar refractivity (Wildman–Crippen MR) is 168 cm³/mol. The van der Waals surface area contributed by atoms with Crippen LogP contribution in [0.3, 0.4) is 0 Å². The zero-order chi connectivity index (χ0) is 33.2. The van der Waals surface area contributed by atoms with E-state index in [9.17, 15) is 22.8 Å². The topological polar surface area (TPSA) is 62.3 Å². The molecule has 0 spiro atoms. The lowest BCUT2D eigenvalue weighted by Gasteiger charge is -2.50. The molecular formula is C35H48F3N3O4. The highest BCUT2D eigenvalue weighted by molar-refractivity contribution is 5.79. The highest BCUT2D eigenvalue weighted by atomic mass is 19.4. The highest BCUT2D eigenvalue weighted by Gasteiger charge is 2.43. The lowest BCUT2D eigenvalue weighted by atomic mass is 9.80. The number of piperidine rings is 1. The second kappa shape index (κ2) is 13.6. The Balaban J connectivity index is 1.50. The summed E-state index contributed by atoms with van der Waals surface area (Å²) in [6.45, 7) is 16.9. The van der Waals surface area contributed by atoms with Crippen molar-refractivity contribution in [1.29, 1.82) is 0 Å². The van der Waals surface area contributed by atoms with Crippen LogP contribution in [0.15, 0.2) is 54.6 Å². The van der Waals surface area contributed by atoms with Crippen molar-refractivity contribution in [3.05, 3.63) is 65.7 Å². The van der Waals surface area contributed by atoms with Crippen LogP contribution in [0.4, 0.5) is 18.0 Å². The van der Waals surface area contributed by atoms with Crippen LogP contribution in [0.5, 0.6) is 5.75 Å². The van der Waals surface area contributed by atoms with E-state index >= 15 is 0 Å². The number of alkyl halides is 3. The minimum atomic E-state index is -4.75. The summed E-state index contributed by atoms with van der Waals surface area (Å²) in [5.41, 5.74) is 1.11. The Morgan fingerprint density at radius 1 is 0.822 bits per heavy atom. The van der Waals surface area contributed by atoms with Crippen molar-refractivity contribution in [2.75, 3.05) is 32.7 Å². The molecule has 2 aliphatic rings. The Morgan fingerprint density at radius 3 is 1.93 bits per heavy atom. The minimum Gasteiger partial charge on any atom is -0.444 e. The van der Waals surface area contributed by atoms with Crippen LogP contribution in [0.1, 0.15) is 78.5 Å². The first-order valence-electron chi connectivity index (χ1n) is 15.9. The maximum absolute atomic E-state index is 14.1. The van der Waals surface area contributed by atoms with Gasteiger partial charge < -0.3 is 19.3 Å². The summed E-state index contributed by atoms with van der Waals surface area (Å²) in [5.74, 6) is -0.139. The summed E-state index contributed by atoms with van der Waals surface area (Å²) in [7, 11) is 0. The lowest BCUT2D eigenvalue weighted by molar-refractivity contribution is -0.274. The van der Waals surface area contributed by atoms with Gasteiger partial charge in [-0.15, -0.1) is 13.2 Å². The van der Waals surface area contributed by atoms with Gasteiger partial charge in [0.25, 0.3) is 0 Å². The third-order valence-electron chi connectivity index (χ3n) is 8.89. The summed E-state index contributed by atoms with van der Waals surface area (Å²) in [5, 5.41) is 0. The van der Waals surface area contributed by atoms with Gasteiger partial charge in [-0.2, -0.15) is 0 Å². The van der Waals surface area contributed by atoms with Gasteiger partial charge in [0.1, 0.15) is 11.4 Å². The molecule has 0 aromatic heterocycles. The molecule has 10 heteroatoms. The summed E-state index contributed by atoms with van der Waals surface area (Å²) in [4.78, 5) is 32.8. The lowest BCUT2D eigenvalue weighted by Crippen LogP contribution is -2.61. The third kappa shape index (κ3) is 9.15. The number of nitrogens with zero attached hydrogens (tertiary/aromatic N) is 3. The molecule has 0 aliphatic carbocycles. The first-order valence-corrected chi connectivity index (χ1v) is 15.9. The Bertz CT molecular complexity index is 1280. The van der Waals surface area contributed by atoms with Crippen LogP contribution in [0, 0.1) is 17.3 Å². The Labute approximate surface area is 265 Å². The summed E-state index contributed by atoms with van der Waals surface area (Å²) in [6, 6.07) is 15.7. The van der Waals surface area contributed by atoms with Crippen molar-refractivity contribution in [1.82, 2.24) is 14.7 Å². The van der Waals surface area contributed by atoms with E-state index in [0.29, 0.717) is 32.7 Å². The number of amides is 2. The number of piperazine rings is 1. The van der Waals surface area contributed by atoms with Crippen molar-refractivity contribution in [3.63, 3.8) is 0 Å². The molecule has 3 atom stereocenters. The fourth-order valence-electron chi connectivity index (χ4n) is 6.52. The molecule has 45 heavy (non-hydrogen) atoms. The molecule has 2 aliphatic heterocycles. The summed E-state index contributed by atoms with van der Waals surface area (Å²) in [6.07, 6.45) is -3.57. The van der Waals surface area contributed by atoms with Gasteiger partial charge in [0.05, 0.1) is 6.04 Å². The molecule has 0 N–H and O–H groups in total. The van der Waals surface area contributed by atoms with E-state index in [2.05, 4.69) is 30.4 Å². The molecule has 2 fully saturated rings. The van der Waals surface area contributed by atoms with Gasteiger partial charge in [0, 0.05) is 44.7 Å². The van der Waals surface area contributed by atoms with E-state index in [4.69, 9.17) is 4.74 Å². The van der Waals surface area contributed by atoms with Crippen LogP contribution in [-0.2, 0) is 9.53 Å². The van der Waals surface area contributed by atoms with Gasteiger partial charge in [-0.05, 0) is 68.2 Å². The summed E-state index contributed by atoms with van der Waals surface area (Å²) < 4.78 is 48.1. The quantitative estimate of drug-likeness (QED) is 0.330. The van der Waals surface area contributed by atoms with Crippen molar-refractivity contribution >= 4 is 12.0 Å². The van der Waals surface area contributed by atoms with E-state index in [1.54, 1.807) is 17.0 Å². The Hall–Kier alpha value is -3.27. The molecule has 7 nitrogen and oxygen atoms in total. The van der Waals surface area contributed by atoms with E-state index in [1.165, 1.54) is 12.1 Å². The third-order valence-corrected chi connectivity index (χ3v) is 8.89. The van der Waals surface area contributed by atoms with E-state index in [0.717, 1.165) is 24.0 Å². The molecule has 2 heterocycles. The number of rotatable bonds is 6. The monoisotopic (exact) mass is 631 g/mol. The maximum atomic E-state index is 14.1. The highest BCUT2D eigenvalue weighted by Crippen LogP contribution is 2.37. The number of carbonyl (C=O) groups is 2. The number of ether oxygens (including phenoxy) is 2. The summed E-state index contributed by atoms with van der Waals surface area (Å²) >= 11 is 0. The van der Waals surface area contributed by atoms with Gasteiger partial charge >= 0.3 is 12.5 Å². The number of hydrogen-bond acceptors (Lipinski definition) is 5. The average molecular weight is 632 g/mol. The Kier molecular flexibility index (Phi) is 10.5. The fraction of sp³-hybridized carbons (Fsp3) is 0.600. The van der Waals surface area contributed by atoms with Gasteiger partial charge in [-0.25, -0.2) is 4.79 Å². The Morgan fingerprint density at radius 2 is 1.40 bits per heavy atom. The smallest absolute Gasteiger partial charge is 0.444 e. The van der Waals surface area contributed by atoms with Gasteiger partial charge in [0.15, 0.2) is 0 Å². The molecule has 2 saturated heterocycles. The molecule has 2 aromatic rings. The van der Waals surface area contributed by atoms with Crippen molar-refractivity contribution in [2.45, 2.75) is 85.4 Å². The molecule has 0 bridgehead atoms. The standard InChI is InChI=1S/C35H48F3N3O4/c1-24(25-17-19-39(20-18-25)32(43)45-34(5,6)7)31(42)41-22-21-40(23-29(41)33(2,3)4)30(26-11-9-8-10-12-26)27-13-15-28(16-14-27)44-35(36,37)38/h8-16,24-25,29-30H,17-23H2,1-7H3/t24?,29-,30?/m1/s1. The van der Waals surface area contributed by atoms with E-state index in [-0.39, 0.29) is 47.1 Å². The molecule has 2 aromatic carbocycles. The normalized spacial score (nSPS) is 20.4. The van der Waals surface area contributed by atoms with Crippen LogP contribution in [-0.4, -0.2) is 77.4 Å². The number of carbonyl (C=O) groups excluding carboxylic acids is 2. The van der Waals surface area contributed by atoms with Crippen LogP contribution < -0.4 is 4.74 Å². The minimum absolute atomic E-state index is 0.0814. The zero-order valence-electron chi connectivity index (χ0n) is 27.6. The number of benzene rings is 2. The fourth-order valence-corrected chi connectivity index (χ4v) is 6.52. The molecular weight excluding hydrogens is 583 g/mol. The number of likely N-dealkylation sites (tertiary alicyclic amines) is 1. The van der Waals surface area contributed by atoms with Gasteiger partial charge in [-0.3, -0.25) is 9.69 Å². The van der Waals surface area contributed by atoms with Gasteiger partial charge in [-0.1, -0.05) is 70.2 Å². The molecule has 0 radical (unpaired) electrons. The largest absolute Gasteiger partial charge is 0.573 e. The molecule has 2 unspecified atom stereocenters. The average Bonchev–Trinajstić information content (AvgIpc) is 2.96. The van der Waals surface area contributed by atoms with E-state index in [1.807, 2.05) is 62.9 Å². The first-order chi connectivity index (χ1) is 20.9. The van der Waals surface area contributed by atoms with Crippen LogP contribution >= 0.6 is 0 Å². The van der Waals surface area contributed by atoms with Crippen molar-refractivity contribution in [2.24, 2.45) is 17.3 Å². The number of halogens is 3. The number of hydrogen-bond donors (Lipinski definition) is 0. The molecule has 248 valence electrons. The van der Waals surface area contributed by atoms with Crippen molar-refractivity contribution in [3.8, 4) is 5.75 Å². The molecule has 2 amide bonds. The maximum Gasteiger partial charge on any atom is 0.573 e. The molecule has 0 saturated carbocycles. The van der Waals surface area contributed by atoms with Crippen LogP contribution in [0.2, 0.25) is 0 Å². The van der Waals surface area contributed by atoms with Gasteiger partial charge in [0.2, 0.25) is 5.91 Å². The van der Waals surface area contributed by atoms with E-state index < -0.39 is 12.0 Å². The SMILES string of the molecule is CC(C(=O)N1CCN(C(c2ccccc2)c2ccc(OC(F)(F)F)cc2)C[C@@H]1C(C)(C)C)C1CCN(C(=O)OC(C)(C)C)CC1. The van der Waals surface area contributed by atoms with Crippen LogP contribution in [0.25, 0.3) is 0 Å².